The van der Waals surface area contributed by atoms with Gasteiger partial charge in [0.05, 0.1) is 11.4 Å². The summed E-state index contributed by atoms with van der Waals surface area (Å²) in [6.07, 6.45) is -2.51. The molecule has 0 bridgehead atoms. The van der Waals surface area contributed by atoms with Crippen LogP contribution in [0, 0.1) is 13.8 Å². The Balaban J connectivity index is 1.81. The molecule has 0 unspecified atom stereocenters. The monoisotopic (exact) mass is 400 g/mol. The van der Waals surface area contributed by atoms with Gasteiger partial charge < -0.3 is 30.3 Å². The second-order valence-corrected chi connectivity index (χ2v) is 7.40. The van der Waals surface area contributed by atoms with Crippen molar-refractivity contribution < 1.29 is 29.3 Å². The van der Waals surface area contributed by atoms with Crippen LogP contribution in [0.15, 0.2) is 36.4 Å². The van der Waals surface area contributed by atoms with E-state index in [1.165, 1.54) is 0 Å². The largest absolute Gasteiger partial charge is 0.505 e. The summed E-state index contributed by atoms with van der Waals surface area (Å²) in [5.74, 6) is -2.57. The van der Waals surface area contributed by atoms with Gasteiger partial charge in [-0.1, -0.05) is 24.3 Å². The maximum Gasteiger partial charge on any atom is 0.257 e. The zero-order valence-electron chi connectivity index (χ0n) is 16.6. The maximum atomic E-state index is 12.8. The molecule has 0 saturated carbocycles. The standard InChI is InChI=1S/C21H24N2O6/c1-11-7-5-9-13(15(11)24)22-19(26)17-18(29-21(3,4)28-17)20(27)23-14-10-6-8-12(2)16(14)25/h5-10,17-18,24-25H,1-4H3,(H,22,26)(H,23,27)/t17-,18-/m1/s1. The van der Waals surface area contributed by atoms with Crippen LogP contribution < -0.4 is 10.6 Å². The van der Waals surface area contributed by atoms with Crippen LogP contribution in [0.4, 0.5) is 11.4 Å². The van der Waals surface area contributed by atoms with Crippen LogP contribution >= 0.6 is 0 Å². The number of para-hydroxylation sites is 2. The van der Waals surface area contributed by atoms with Gasteiger partial charge in [-0.05, 0) is 51.0 Å². The smallest absolute Gasteiger partial charge is 0.257 e. The minimum atomic E-state index is -1.25. The first-order valence-electron chi connectivity index (χ1n) is 9.13. The van der Waals surface area contributed by atoms with Gasteiger partial charge in [-0.25, -0.2) is 0 Å². The molecule has 2 amide bonds. The summed E-state index contributed by atoms with van der Waals surface area (Å²) in [6.45, 7) is 6.59. The fourth-order valence-electron chi connectivity index (χ4n) is 3.07. The molecule has 4 N–H and O–H groups in total. The minimum absolute atomic E-state index is 0.0651. The average molecular weight is 400 g/mol. The molecule has 8 heteroatoms. The number of carbonyl (C=O) groups is 2. The molecule has 0 aromatic heterocycles. The van der Waals surface area contributed by atoms with Crippen molar-refractivity contribution in [3.05, 3.63) is 47.5 Å². The van der Waals surface area contributed by atoms with Crippen LogP contribution in [0.3, 0.4) is 0 Å². The van der Waals surface area contributed by atoms with Gasteiger partial charge in [-0.15, -0.1) is 0 Å². The molecule has 154 valence electrons. The van der Waals surface area contributed by atoms with Crippen LogP contribution in [0.5, 0.6) is 11.5 Å². The lowest BCUT2D eigenvalue weighted by Gasteiger charge is -2.18. The van der Waals surface area contributed by atoms with Gasteiger partial charge in [0.1, 0.15) is 11.5 Å². The molecule has 1 fully saturated rings. The van der Waals surface area contributed by atoms with E-state index in [1.54, 1.807) is 64.1 Å². The number of amides is 2. The number of hydrogen-bond donors (Lipinski definition) is 4. The average Bonchev–Trinajstić information content (AvgIpc) is 2.99. The van der Waals surface area contributed by atoms with Crippen LogP contribution in [0.1, 0.15) is 25.0 Å². The number of ether oxygens (including phenoxy) is 2. The second-order valence-electron chi connectivity index (χ2n) is 7.40. The van der Waals surface area contributed by atoms with Crippen molar-refractivity contribution in [2.24, 2.45) is 0 Å². The number of aryl methyl sites for hydroxylation is 2. The Hall–Kier alpha value is -3.10. The topological polar surface area (TPSA) is 117 Å². The van der Waals surface area contributed by atoms with Crippen molar-refractivity contribution in [3.8, 4) is 11.5 Å². The summed E-state index contributed by atoms with van der Waals surface area (Å²) in [5.41, 5.74) is 1.60. The van der Waals surface area contributed by atoms with E-state index in [0.717, 1.165) is 0 Å². The number of hydrogen-bond acceptors (Lipinski definition) is 6. The molecule has 1 aliphatic heterocycles. The molecule has 0 spiro atoms. The lowest BCUT2D eigenvalue weighted by atomic mass is 10.1. The predicted octanol–water partition coefficient (Wildman–Crippen LogP) is 2.81. The van der Waals surface area contributed by atoms with Crippen molar-refractivity contribution in [2.45, 2.75) is 45.7 Å². The number of carbonyl (C=O) groups excluding carboxylic acids is 2. The van der Waals surface area contributed by atoms with Crippen molar-refractivity contribution in [2.75, 3.05) is 10.6 Å². The fourth-order valence-corrected chi connectivity index (χ4v) is 3.07. The summed E-state index contributed by atoms with van der Waals surface area (Å²) in [6, 6.07) is 9.86. The summed E-state index contributed by atoms with van der Waals surface area (Å²) in [7, 11) is 0. The van der Waals surface area contributed by atoms with E-state index < -0.39 is 29.8 Å². The minimum Gasteiger partial charge on any atom is -0.505 e. The Morgan fingerprint density at radius 3 is 1.59 bits per heavy atom. The molecule has 1 aliphatic rings. The first kappa shape index (κ1) is 20.6. The number of phenols is 2. The molecule has 1 saturated heterocycles. The Morgan fingerprint density at radius 2 is 1.21 bits per heavy atom. The number of phenolic OH excluding ortho intramolecular Hbond substituents is 2. The van der Waals surface area contributed by atoms with E-state index in [-0.39, 0.29) is 22.9 Å². The second kappa shape index (κ2) is 7.73. The summed E-state index contributed by atoms with van der Waals surface area (Å²) in [5, 5.41) is 25.4. The first-order valence-corrected chi connectivity index (χ1v) is 9.13. The SMILES string of the molecule is Cc1cccc(NC(=O)[C@@H]2OC(C)(C)O[C@H]2C(=O)Nc2cccc(C)c2O)c1O. The highest BCUT2D eigenvalue weighted by atomic mass is 16.8. The Kier molecular flexibility index (Phi) is 5.50. The van der Waals surface area contributed by atoms with Gasteiger partial charge in [-0.2, -0.15) is 0 Å². The highest BCUT2D eigenvalue weighted by Gasteiger charge is 2.49. The van der Waals surface area contributed by atoms with Crippen molar-refractivity contribution in [1.29, 1.82) is 0 Å². The van der Waals surface area contributed by atoms with E-state index in [9.17, 15) is 19.8 Å². The highest BCUT2D eigenvalue weighted by molar-refractivity contribution is 6.03. The Bertz CT molecular complexity index is 881. The van der Waals surface area contributed by atoms with E-state index in [1.807, 2.05) is 0 Å². The molecule has 2 aromatic rings. The van der Waals surface area contributed by atoms with E-state index >= 15 is 0 Å². The number of nitrogens with one attached hydrogen (secondary N) is 2. The third kappa shape index (κ3) is 4.33. The zero-order valence-corrected chi connectivity index (χ0v) is 16.6. The van der Waals surface area contributed by atoms with Crippen molar-refractivity contribution in [1.82, 2.24) is 0 Å². The predicted molar refractivity (Wildman–Crippen MR) is 107 cm³/mol. The number of benzene rings is 2. The van der Waals surface area contributed by atoms with Gasteiger partial charge in [0.15, 0.2) is 18.0 Å². The van der Waals surface area contributed by atoms with Gasteiger partial charge >= 0.3 is 0 Å². The van der Waals surface area contributed by atoms with E-state index in [4.69, 9.17) is 9.47 Å². The van der Waals surface area contributed by atoms with Gasteiger partial charge in [0.25, 0.3) is 11.8 Å². The zero-order chi connectivity index (χ0) is 21.3. The molecule has 2 aromatic carbocycles. The molecule has 2 atom stereocenters. The lowest BCUT2D eigenvalue weighted by molar-refractivity contribution is -0.156. The molecule has 0 aliphatic carbocycles. The third-order valence-corrected chi connectivity index (χ3v) is 4.60. The number of aromatic hydroxyl groups is 2. The van der Waals surface area contributed by atoms with Gasteiger partial charge in [-0.3, -0.25) is 9.59 Å². The molecular formula is C21H24N2O6. The van der Waals surface area contributed by atoms with Gasteiger partial charge in [0, 0.05) is 0 Å². The van der Waals surface area contributed by atoms with E-state index in [0.29, 0.717) is 11.1 Å². The van der Waals surface area contributed by atoms with Crippen LogP contribution in [0.2, 0.25) is 0 Å². The lowest BCUT2D eigenvalue weighted by Crippen LogP contribution is -2.43. The summed E-state index contributed by atoms with van der Waals surface area (Å²) in [4.78, 5) is 25.6. The van der Waals surface area contributed by atoms with Crippen molar-refractivity contribution >= 4 is 23.2 Å². The number of rotatable bonds is 4. The first-order chi connectivity index (χ1) is 13.6. The molecule has 3 rings (SSSR count). The maximum absolute atomic E-state index is 12.8. The molecule has 0 radical (unpaired) electrons. The fraction of sp³-hybridized carbons (Fsp3) is 0.333. The van der Waals surface area contributed by atoms with Crippen molar-refractivity contribution in [3.63, 3.8) is 0 Å². The Morgan fingerprint density at radius 1 is 0.828 bits per heavy atom. The quantitative estimate of drug-likeness (QED) is 0.587. The summed E-state index contributed by atoms with van der Waals surface area (Å²) < 4.78 is 11.3. The van der Waals surface area contributed by atoms with Crippen LogP contribution in [-0.2, 0) is 19.1 Å². The highest BCUT2D eigenvalue weighted by Crippen LogP contribution is 2.33. The molecule has 8 nitrogen and oxygen atoms in total. The summed E-state index contributed by atoms with van der Waals surface area (Å²) >= 11 is 0. The van der Waals surface area contributed by atoms with E-state index in [2.05, 4.69) is 10.6 Å². The molecular weight excluding hydrogens is 376 g/mol. The Labute approximate surface area is 168 Å². The van der Waals surface area contributed by atoms with Crippen LogP contribution in [-0.4, -0.2) is 40.0 Å². The number of anilines is 2. The molecule has 1 heterocycles. The van der Waals surface area contributed by atoms with Crippen LogP contribution in [0.25, 0.3) is 0 Å². The van der Waals surface area contributed by atoms with Gasteiger partial charge in [0.2, 0.25) is 0 Å². The molecule has 29 heavy (non-hydrogen) atoms. The third-order valence-electron chi connectivity index (χ3n) is 4.60. The normalized spacial score (nSPS) is 20.3.